The predicted molar refractivity (Wildman–Crippen MR) is 82.2 cm³/mol. The quantitative estimate of drug-likeness (QED) is 0.855. The van der Waals surface area contributed by atoms with Gasteiger partial charge in [-0.05, 0) is 47.5 Å². The van der Waals surface area contributed by atoms with E-state index in [1.807, 2.05) is 5.38 Å². The molecule has 2 unspecified atom stereocenters. The molecule has 1 aromatic carbocycles. The number of thiophene rings is 1. The molecule has 5 heteroatoms. The van der Waals surface area contributed by atoms with Crippen LogP contribution in [0.5, 0.6) is 0 Å². The van der Waals surface area contributed by atoms with E-state index in [0.29, 0.717) is 22.2 Å². The smallest absolute Gasteiger partial charge is 0.0929 e. The molecule has 0 saturated carbocycles. The highest BCUT2D eigenvalue weighted by Gasteiger charge is 2.14. The molecule has 0 fully saturated rings. The van der Waals surface area contributed by atoms with Gasteiger partial charge >= 0.3 is 0 Å². The summed E-state index contributed by atoms with van der Waals surface area (Å²) in [4.78, 5) is 0. The van der Waals surface area contributed by atoms with Crippen LogP contribution in [-0.4, -0.2) is 11.7 Å². The SMILES string of the molecule is CC(NCC(O)c1cc(Cl)ccc1Cl)c1ccsc1. The Morgan fingerprint density at radius 2 is 2.11 bits per heavy atom. The van der Waals surface area contributed by atoms with Crippen molar-refractivity contribution in [3.63, 3.8) is 0 Å². The molecular formula is C14H15Cl2NOS. The summed E-state index contributed by atoms with van der Waals surface area (Å²) >= 11 is 13.6. The fourth-order valence-corrected chi connectivity index (χ4v) is 2.99. The van der Waals surface area contributed by atoms with E-state index in [2.05, 4.69) is 23.7 Å². The Bertz CT molecular complexity index is 530. The minimum atomic E-state index is -0.674. The van der Waals surface area contributed by atoms with Gasteiger partial charge in [-0.2, -0.15) is 11.3 Å². The topological polar surface area (TPSA) is 32.3 Å². The van der Waals surface area contributed by atoms with Gasteiger partial charge in [0.15, 0.2) is 0 Å². The molecule has 0 radical (unpaired) electrons. The van der Waals surface area contributed by atoms with Crippen molar-refractivity contribution in [1.82, 2.24) is 5.32 Å². The molecule has 102 valence electrons. The van der Waals surface area contributed by atoms with E-state index < -0.39 is 6.10 Å². The van der Waals surface area contributed by atoms with Gasteiger partial charge in [0.25, 0.3) is 0 Å². The van der Waals surface area contributed by atoms with Crippen LogP contribution in [0.2, 0.25) is 10.0 Å². The Balaban J connectivity index is 1.97. The molecular weight excluding hydrogens is 301 g/mol. The van der Waals surface area contributed by atoms with E-state index in [1.165, 1.54) is 5.56 Å². The van der Waals surface area contributed by atoms with Crippen LogP contribution in [0, 0.1) is 0 Å². The van der Waals surface area contributed by atoms with Gasteiger partial charge in [-0.25, -0.2) is 0 Å². The molecule has 2 N–H and O–H groups in total. The minimum Gasteiger partial charge on any atom is -0.387 e. The molecule has 0 aliphatic carbocycles. The van der Waals surface area contributed by atoms with Crippen LogP contribution < -0.4 is 5.32 Å². The van der Waals surface area contributed by atoms with Gasteiger partial charge in [-0.1, -0.05) is 23.2 Å². The zero-order chi connectivity index (χ0) is 13.8. The molecule has 0 amide bonds. The molecule has 2 atom stereocenters. The zero-order valence-electron chi connectivity index (χ0n) is 10.4. The lowest BCUT2D eigenvalue weighted by atomic mass is 10.1. The van der Waals surface area contributed by atoms with Crippen molar-refractivity contribution >= 4 is 34.5 Å². The first-order chi connectivity index (χ1) is 9.08. The Morgan fingerprint density at radius 1 is 1.32 bits per heavy atom. The zero-order valence-corrected chi connectivity index (χ0v) is 12.8. The predicted octanol–water partition coefficient (Wildman–Crippen LogP) is 4.44. The maximum Gasteiger partial charge on any atom is 0.0929 e. The average Bonchev–Trinajstić information content (AvgIpc) is 2.92. The highest BCUT2D eigenvalue weighted by molar-refractivity contribution is 7.07. The summed E-state index contributed by atoms with van der Waals surface area (Å²) in [7, 11) is 0. The van der Waals surface area contributed by atoms with Gasteiger partial charge < -0.3 is 10.4 Å². The first kappa shape index (κ1) is 14.8. The molecule has 0 bridgehead atoms. The molecule has 0 saturated heterocycles. The fourth-order valence-electron chi connectivity index (χ4n) is 1.81. The van der Waals surface area contributed by atoms with Gasteiger partial charge in [-0.3, -0.25) is 0 Å². The molecule has 1 aromatic heterocycles. The lowest BCUT2D eigenvalue weighted by Gasteiger charge is -2.17. The summed E-state index contributed by atoms with van der Waals surface area (Å²) in [5.74, 6) is 0. The second-order valence-electron chi connectivity index (χ2n) is 4.37. The van der Waals surface area contributed by atoms with Crippen molar-refractivity contribution in [2.45, 2.75) is 19.1 Å². The van der Waals surface area contributed by atoms with Crippen LogP contribution in [0.4, 0.5) is 0 Å². The molecule has 1 heterocycles. The fraction of sp³-hybridized carbons (Fsp3) is 0.286. The maximum atomic E-state index is 10.2. The van der Waals surface area contributed by atoms with Crippen molar-refractivity contribution < 1.29 is 5.11 Å². The first-order valence-corrected chi connectivity index (χ1v) is 7.66. The number of aliphatic hydroxyl groups excluding tert-OH is 1. The van der Waals surface area contributed by atoms with E-state index in [-0.39, 0.29) is 6.04 Å². The molecule has 19 heavy (non-hydrogen) atoms. The molecule has 0 aliphatic heterocycles. The van der Waals surface area contributed by atoms with Crippen molar-refractivity contribution in [3.8, 4) is 0 Å². The lowest BCUT2D eigenvalue weighted by molar-refractivity contribution is 0.171. The van der Waals surface area contributed by atoms with Crippen molar-refractivity contribution in [2.24, 2.45) is 0 Å². The van der Waals surface area contributed by atoms with Gasteiger partial charge in [-0.15, -0.1) is 0 Å². The van der Waals surface area contributed by atoms with E-state index in [9.17, 15) is 5.11 Å². The first-order valence-electron chi connectivity index (χ1n) is 5.96. The highest BCUT2D eigenvalue weighted by Crippen LogP contribution is 2.26. The lowest BCUT2D eigenvalue weighted by Crippen LogP contribution is -2.24. The van der Waals surface area contributed by atoms with Crippen LogP contribution in [0.3, 0.4) is 0 Å². The Hall–Kier alpha value is -0.580. The van der Waals surface area contributed by atoms with Crippen molar-refractivity contribution in [2.75, 3.05) is 6.54 Å². The number of nitrogens with one attached hydrogen (secondary N) is 1. The monoisotopic (exact) mass is 315 g/mol. The number of hydrogen-bond donors (Lipinski definition) is 2. The molecule has 0 spiro atoms. The molecule has 2 nitrogen and oxygen atoms in total. The summed E-state index contributed by atoms with van der Waals surface area (Å²) in [5.41, 5.74) is 1.87. The van der Waals surface area contributed by atoms with Crippen molar-refractivity contribution in [3.05, 3.63) is 56.2 Å². The summed E-state index contributed by atoms with van der Waals surface area (Å²) in [5, 5.41) is 18.7. The van der Waals surface area contributed by atoms with Crippen LogP contribution in [0.25, 0.3) is 0 Å². The van der Waals surface area contributed by atoms with E-state index in [1.54, 1.807) is 29.5 Å². The summed E-state index contributed by atoms with van der Waals surface area (Å²) < 4.78 is 0. The van der Waals surface area contributed by atoms with Crippen LogP contribution in [0.1, 0.15) is 30.2 Å². The van der Waals surface area contributed by atoms with Crippen LogP contribution in [-0.2, 0) is 0 Å². The van der Waals surface area contributed by atoms with Crippen LogP contribution in [0.15, 0.2) is 35.0 Å². The third-order valence-electron chi connectivity index (χ3n) is 2.98. The van der Waals surface area contributed by atoms with Gasteiger partial charge in [0.2, 0.25) is 0 Å². The highest BCUT2D eigenvalue weighted by atomic mass is 35.5. The Labute approximate surface area is 127 Å². The summed E-state index contributed by atoms with van der Waals surface area (Å²) in [6, 6.07) is 7.37. The maximum absolute atomic E-state index is 10.2. The van der Waals surface area contributed by atoms with E-state index in [4.69, 9.17) is 23.2 Å². The van der Waals surface area contributed by atoms with Crippen LogP contribution >= 0.6 is 34.5 Å². The number of rotatable bonds is 5. The number of halogens is 2. The average molecular weight is 316 g/mol. The number of aliphatic hydroxyl groups is 1. The summed E-state index contributed by atoms with van der Waals surface area (Å²) in [6.45, 7) is 2.49. The largest absolute Gasteiger partial charge is 0.387 e. The third kappa shape index (κ3) is 3.94. The number of benzene rings is 1. The molecule has 2 rings (SSSR count). The van der Waals surface area contributed by atoms with E-state index >= 15 is 0 Å². The van der Waals surface area contributed by atoms with E-state index in [0.717, 1.165) is 0 Å². The second-order valence-corrected chi connectivity index (χ2v) is 5.99. The molecule has 2 aromatic rings. The van der Waals surface area contributed by atoms with Gasteiger partial charge in [0, 0.05) is 28.2 Å². The van der Waals surface area contributed by atoms with Crippen molar-refractivity contribution in [1.29, 1.82) is 0 Å². The second kappa shape index (κ2) is 6.73. The van der Waals surface area contributed by atoms with Gasteiger partial charge in [0.1, 0.15) is 0 Å². The minimum absolute atomic E-state index is 0.193. The summed E-state index contributed by atoms with van der Waals surface area (Å²) in [6.07, 6.45) is -0.674. The standard InChI is InChI=1S/C14H15Cl2NOS/c1-9(10-4-5-19-8-10)17-7-14(18)12-6-11(15)2-3-13(12)16/h2-6,8-9,14,17-18H,7H2,1H3. The normalized spacial score (nSPS) is 14.3. The Morgan fingerprint density at radius 3 is 2.79 bits per heavy atom. The Kier molecular flexibility index (Phi) is 5.25. The molecule has 0 aliphatic rings. The number of hydrogen-bond acceptors (Lipinski definition) is 3. The third-order valence-corrected chi connectivity index (χ3v) is 4.26. The van der Waals surface area contributed by atoms with Gasteiger partial charge in [0.05, 0.1) is 6.10 Å².